The Labute approximate surface area is 109 Å². The van der Waals surface area contributed by atoms with Gasteiger partial charge in [0.05, 0.1) is 6.61 Å². The molecule has 0 bridgehead atoms. The van der Waals surface area contributed by atoms with Crippen molar-refractivity contribution in [1.82, 2.24) is 4.90 Å². The Balaban J connectivity index is 2.91. The predicted octanol–water partition coefficient (Wildman–Crippen LogP) is 2.52. The van der Waals surface area contributed by atoms with Crippen molar-refractivity contribution < 1.29 is 14.9 Å². The van der Waals surface area contributed by atoms with Crippen LogP contribution in [0.1, 0.15) is 32.4 Å². The smallest absolute Gasteiger partial charge is 0.119 e. The molecule has 0 spiro atoms. The van der Waals surface area contributed by atoms with E-state index in [9.17, 15) is 10.2 Å². The van der Waals surface area contributed by atoms with E-state index in [2.05, 4.69) is 25.7 Å². The maximum atomic E-state index is 9.54. The van der Waals surface area contributed by atoms with Gasteiger partial charge in [0.15, 0.2) is 0 Å². The van der Waals surface area contributed by atoms with Crippen molar-refractivity contribution in [2.24, 2.45) is 0 Å². The van der Waals surface area contributed by atoms with Gasteiger partial charge in [-0.25, -0.2) is 0 Å². The van der Waals surface area contributed by atoms with Gasteiger partial charge in [-0.2, -0.15) is 0 Å². The van der Waals surface area contributed by atoms with Crippen molar-refractivity contribution in [3.63, 3.8) is 0 Å². The van der Waals surface area contributed by atoms with Crippen LogP contribution in [0.25, 0.3) is 0 Å². The van der Waals surface area contributed by atoms with Gasteiger partial charge in [-0.15, -0.1) is 0 Å². The van der Waals surface area contributed by atoms with Crippen LogP contribution in [0.15, 0.2) is 18.2 Å². The molecule has 0 aromatic heterocycles. The summed E-state index contributed by atoms with van der Waals surface area (Å²) in [4.78, 5) is 2.26. The number of rotatable bonds is 6. The lowest BCUT2D eigenvalue weighted by Crippen LogP contribution is -2.38. The molecule has 0 fully saturated rings. The minimum atomic E-state index is 0.0901. The fraction of sp³-hybridized carbons (Fsp3) is 0.571. The van der Waals surface area contributed by atoms with Crippen molar-refractivity contribution in [3.05, 3.63) is 23.8 Å². The SMILES string of the molecule is CCN(C(C)COC)C(C)c1cc(O)cc(O)c1. The van der Waals surface area contributed by atoms with Crippen LogP contribution in [0.4, 0.5) is 0 Å². The summed E-state index contributed by atoms with van der Waals surface area (Å²) in [7, 11) is 1.69. The van der Waals surface area contributed by atoms with Gasteiger partial charge in [-0.05, 0) is 38.1 Å². The second kappa shape index (κ2) is 6.61. The number of ether oxygens (including phenoxy) is 1. The average Bonchev–Trinajstić information content (AvgIpc) is 2.28. The third-order valence-electron chi connectivity index (χ3n) is 3.24. The van der Waals surface area contributed by atoms with Gasteiger partial charge in [0.1, 0.15) is 11.5 Å². The van der Waals surface area contributed by atoms with Crippen LogP contribution in [0.3, 0.4) is 0 Å². The van der Waals surface area contributed by atoms with Crippen molar-refractivity contribution in [2.45, 2.75) is 32.9 Å². The monoisotopic (exact) mass is 253 g/mol. The molecule has 0 heterocycles. The maximum absolute atomic E-state index is 9.54. The molecule has 2 N–H and O–H groups in total. The van der Waals surface area contributed by atoms with E-state index >= 15 is 0 Å². The number of likely N-dealkylation sites (N-methyl/N-ethyl adjacent to an activating group) is 1. The maximum Gasteiger partial charge on any atom is 0.119 e. The highest BCUT2D eigenvalue weighted by Gasteiger charge is 2.20. The Morgan fingerprint density at radius 2 is 1.72 bits per heavy atom. The number of hydrogen-bond donors (Lipinski definition) is 2. The van der Waals surface area contributed by atoms with Gasteiger partial charge in [-0.3, -0.25) is 4.90 Å². The molecule has 1 aromatic rings. The number of nitrogens with zero attached hydrogens (tertiary/aromatic N) is 1. The zero-order valence-electron chi connectivity index (χ0n) is 11.6. The quantitative estimate of drug-likeness (QED) is 0.818. The molecule has 0 aliphatic carbocycles. The van der Waals surface area contributed by atoms with Crippen LogP contribution in [0.5, 0.6) is 11.5 Å². The third-order valence-corrected chi connectivity index (χ3v) is 3.24. The van der Waals surface area contributed by atoms with E-state index in [1.807, 2.05) is 0 Å². The molecule has 1 aromatic carbocycles. The van der Waals surface area contributed by atoms with E-state index in [0.29, 0.717) is 6.61 Å². The number of phenols is 2. The van der Waals surface area contributed by atoms with E-state index in [0.717, 1.165) is 12.1 Å². The van der Waals surface area contributed by atoms with Gasteiger partial charge in [0.25, 0.3) is 0 Å². The Kier molecular flexibility index (Phi) is 5.44. The summed E-state index contributed by atoms with van der Waals surface area (Å²) < 4.78 is 5.18. The fourth-order valence-corrected chi connectivity index (χ4v) is 2.35. The molecule has 4 nitrogen and oxygen atoms in total. The number of hydrogen-bond acceptors (Lipinski definition) is 4. The second-order valence-electron chi connectivity index (χ2n) is 4.59. The fourth-order valence-electron chi connectivity index (χ4n) is 2.35. The summed E-state index contributed by atoms with van der Waals surface area (Å²) >= 11 is 0. The summed E-state index contributed by atoms with van der Waals surface area (Å²) in [5, 5.41) is 19.1. The van der Waals surface area contributed by atoms with Gasteiger partial charge in [0.2, 0.25) is 0 Å². The summed E-state index contributed by atoms with van der Waals surface area (Å²) in [5.41, 5.74) is 0.900. The molecular weight excluding hydrogens is 230 g/mol. The van der Waals surface area contributed by atoms with E-state index in [4.69, 9.17) is 4.74 Å². The van der Waals surface area contributed by atoms with Crippen molar-refractivity contribution in [2.75, 3.05) is 20.3 Å². The number of aromatic hydroxyl groups is 2. The Morgan fingerprint density at radius 1 is 1.17 bits per heavy atom. The van der Waals surface area contributed by atoms with Gasteiger partial charge < -0.3 is 14.9 Å². The number of methoxy groups -OCH3 is 1. The third kappa shape index (κ3) is 3.62. The lowest BCUT2D eigenvalue weighted by atomic mass is 10.0. The summed E-state index contributed by atoms with van der Waals surface area (Å²) in [6, 6.07) is 5.10. The normalized spacial score (nSPS) is 14.7. The van der Waals surface area contributed by atoms with Crippen LogP contribution < -0.4 is 0 Å². The Hall–Kier alpha value is -1.26. The highest BCUT2D eigenvalue weighted by atomic mass is 16.5. The molecule has 0 saturated carbocycles. The molecule has 0 amide bonds. The van der Waals surface area contributed by atoms with Crippen LogP contribution in [0.2, 0.25) is 0 Å². The topological polar surface area (TPSA) is 52.9 Å². The summed E-state index contributed by atoms with van der Waals surface area (Å²) in [6.45, 7) is 7.78. The molecule has 1 rings (SSSR count). The standard InChI is InChI=1S/C14H23NO3/c1-5-15(10(2)9-18-4)11(3)12-6-13(16)8-14(17)7-12/h6-8,10-11,16-17H,5,9H2,1-4H3. The van der Waals surface area contributed by atoms with Crippen LogP contribution >= 0.6 is 0 Å². The van der Waals surface area contributed by atoms with Gasteiger partial charge >= 0.3 is 0 Å². The Morgan fingerprint density at radius 3 is 2.17 bits per heavy atom. The first-order valence-corrected chi connectivity index (χ1v) is 6.27. The first-order valence-electron chi connectivity index (χ1n) is 6.27. The molecular formula is C14H23NO3. The lowest BCUT2D eigenvalue weighted by Gasteiger charge is -2.33. The van der Waals surface area contributed by atoms with E-state index in [1.165, 1.54) is 6.07 Å². The summed E-state index contributed by atoms with van der Waals surface area (Å²) in [5.74, 6) is 0.180. The highest BCUT2D eigenvalue weighted by Crippen LogP contribution is 2.29. The number of benzene rings is 1. The van der Waals surface area contributed by atoms with E-state index < -0.39 is 0 Å². The zero-order chi connectivity index (χ0) is 13.7. The molecule has 102 valence electrons. The Bertz CT molecular complexity index is 361. The first kappa shape index (κ1) is 14.8. The molecule has 0 aliphatic rings. The minimum Gasteiger partial charge on any atom is -0.508 e. The van der Waals surface area contributed by atoms with Crippen LogP contribution in [-0.4, -0.2) is 41.4 Å². The summed E-state index contributed by atoms with van der Waals surface area (Å²) in [6.07, 6.45) is 0. The van der Waals surface area contributed by atoms with Gasteiger partial charge in [0, 0.05) is 25.3 Å². The zero-order valence-corrected chi connectivity index (χ0v) is 11.6. The van der Waals surface area contributed by atoms with Crippen LogP contribution in [-0.2, 0) is 4.74 Å². The van der Waals surface area contributed by atoms with Gasteiger partial charge in [-0.1, -0.05) is 6.92 Å². The largest absolute Gasteiger partial charge is 0.508 e. The lowest BCUT2D eigenvalue weighted by molar-refractivity contribution is 0.0781. The molecule has 0 radical (unpaired) electrons. The molecule has 2 atom stereocenters. The molecule has 18 heavy (non-hydrogen) atoms. The predicted molar refractivity (Wildman–Crippen MR) is 71.9 cm³/mol. The molecule has 0 saturated heterocycles. The van der Waals surface area contributed by atoms with Crippen molar-refractivity contribution >= 4 is 0 Å². The van der Waals surface area contributed by atoms with E-state index in [-0.39, 0.29) is 23.6 Å². The molecule has 4 heteroatoms. The average molecular weight is 253 g/mol. The minimum absolute atomic E-state index is 0.0901. The molecule has 0 aliphatic heterocycles. The van der Waals surface area contributed by atoms with Crippen molar-refractivity contribution in [3.8, 4) is 11.5 Å². The highest BCUT2D eigenvalue weighted by molar-refractivity contribution is 5.38. The first-order chi connectivity index (χ1) is 8.49. The molecule has 2 unspecified atom stereocenters. The van der Waals surface area contributed by atoms with Crippen molar-refractivity contribution in [1.29, 1.82) is 0 Å². The second-order valence-corrected chi connectivity index (χ2v) is 4.59. The number of phenolic OH excluding ortho intramolecular Hbond substituents is 2. The van der Waals surface area contributed by atoms with Crippen LogP contribution in [0, 0.1) is 0 Å². The van der Waals surface area contributed by atoms with E-state index in [1.54, 1.807) is 19.2 Å².